The van der Waals surface area contributed by atoms with Crippen LogP contribution in [0.2, 0.25) is 0 Å². The van der Waals surface area contributed by atoms with Gasteiger partial charge in [-0.3, -0.25) is 10.8 Å². The highest BCUT2D eigenvalue weighted by atomic mass is 15.2. The highest BCUT2D eigenvalue weighted by molar-refractivity contribution is 5.51. The zero-order chi connectivity index (χ0) is 13.8. The van der Waals surface area contributed by atoms with Crippen molar-refractivity contribution in [2.75, 3.05) is 17.4 Å². The van der Waals surface area contributed by atoms with E-state index in [1.54, 1.807) is 6.20 Å². The largest absolute Gasteiger partial charge is 0.369 e. The van der Waals surface area contributed by atoms with Crippen molar-refractivity contribution in [2.24, 2.45) is 5.84 Å². The molecule has 0 saturated heterocycles. The third-order valence-corrected chi connectivity index (χ3v) is 3.03. The standard InChI is InChI=1S/C15H20N4/c1-11-6-12(2)8-15(7-11)19(3)10-14-9-13(18-16)4-5-17-14/h4-9H,10,16H2,1-3H3,(H,17,18). The Hall–Kier alpha value is -2.07. The summed E-state index contributed by atoms with van der Waals surface area (Å²) in [5, 5.41) is 0. The second-order valence-corrected chi connectivity index (χ2v) is 4.88. The Balaban J connectivity index is 2.17. The van der Waals surface area contributed by atoms with Gasteiger partial charge in [0.25, 0.3) is 0 Å². The van der Waals surface area contributed by atoms with Crippen LogP contribution in [0.25, 0.3) is 0 Å². The van der Waals surface area contributed by atoms with Gasteiger partial charge in [0.15, 0.2) is 0 Å². The van der Waals surface area contributed by atoms with Crippen LogP contribution in [0.15, 0.2) is 36.5 Å². The Morgan fingerprint density at radius 3 is 2.47 bits per heavy atom. The molecule has 1 heterocycles. The molecule has 0 radical (unpaired) electrons. The summed E-state index contributed by atoms with van der Waals surface area (Å²) in [6.07, 6.45) is 1.76. The fourth-order valence-corrected chi connectivity index (χ4v) is 2.16. The molecule has 0 bridgehead atoms. The first-order chi connectivity index (χ1) is 9.08. The predicted octanol–water partition coefficient (Wildman–Crippen LogP) is 2.62. The number of hydrogen-bond donors (Lipinski definition) is 2. The second-order valence-electron chi connectivity index (χ2n) is 4.88. The van der Waals surface area contributed by atoms with E-state index in [2.05, 4.69) is 54.4 Å². The predicted molar refractivity (Wildman–Crippen MR) is 80.1 cm³/mol. The lowest BCUT2D eigenvalue weighted by molar-refractivity contribution is 0.883. The second kappa shape index (κ2) is 5.71. The van der Waals surface area contributed by atoms with E-state index >= 15 is 0 Å². The van der Waals surface area contributed by atoms with Crippen molar-refractivity contribution >= 4 is 11.4 Å². The van der Waals surface area contributed by atoms with Gasteiger partial charge in [-0.25, -0.2) is 0 Å². The molecule has 4 heteroatoms. The highest BCUT2D eigenvalue weighted by Crippen LogP contribution is 2.19. The number of pyridine rings is 1. The van der Waals surface area contributed by atoms with Gasteiger partial charge in [0.05, 0.1) is 17.9 Å². The fourth-order valence-electron chi connectivity index (χ4n) is 2.16. The van der Waals surface area contributed by atoms with Crippen molar-refractivity contribution in [1.82, 2.24) is 4.98 Å². The number of nitrogens with one attached hydrogen (secondary N) is 1. The Labute approximate surface area is 114 Å². The Kier molecular flexibility index (Phi) is 4.02. The highest BCUT2D eigenvalue weighted by Gasteiger charge is 2.05. The summed E-state index contributed by atoms with van der Waals surface area (Å²) in [5.74, 6) is 5.41. The van der Waals surface area contributed by atoms with Crippen LogP contribution in [0.4, 0.5) is 11.4 Å². The first-order valence-electron chi connectivity index (χ1n) is 6.29. The summed E-state index contributed by atoms with van der Waals surface area (Å²) in [7, 11) is 2.07. The van der Waals surface area contributed by atoms with Gasteiger partial charge >= 0.3 is 0 Å². The summed E-state index contributed by atoms with van der Waals surface area (Å²) in [4.78, 5) is 6.54. The number of benzene rings is 1. The molecule has 0 fully saturated rings. The third kappa shape index (κ3) is 3.45. The van der Waals surface area contributed by atoms with Crippen molar-refractivity contribution < 1.29 is 0 Å². The Morgan fingerprint density at radius 2 is 1.84 bits per heavy atom. The van der Waals surface area contributed by atoms with Gasteiger partial charge in [-0.1, -0.05) is 6.07 Å². The van der Waals surface area contributed by atoms with Crippen LogP contribution < -0.4 is 16.2 Å². The van der Waals surface area contributed by atoms with Crippen LogP contribution in [0.1, 0.15) is 16.8 Å². The molecule has 0 aliphatic rings. The van der Waals surface area contributed by atoms with E-state index in [4.69, 9.17) is 5.84 Å². The quantitative estimate of drug-likeness (QED) is 0.652. The van der Waals surface area contributed by atoms with Crippen molar-refractivity contribution in [2.45, 2.75) is 20.4 Å². The molecule has 1 aromatic carbocycles. The van der Waals surface area contributed by atoms with Gasteiger partial charge in [-0.2, -0.15) is 0 Å². The number of anilines is 2. The molecule has 0 aliphatic heterocycles. The van der Waals surface area contributed by atoms with Gasteiger partial charge in [-0.05, 0) is 49.2 Å². The lowest BCUT2D eigenvalue weighted by Gasteiger charge is -2.20. The molecule has 4 nitrogen and oxygen atoms in total. The van der Waals surface area contributed by atoms with Crippen molar-refractivity contribution in [3.05, 3.63) is 53.3 Å². The van der Waals surface area contributed by atoms with Gasteiger partial charge in [0.1, 0.15) is 0 Å². The number of aryl methyl sites for hydroxylation is 2. The zero-order valence-electron chi connectivity index (χ0n) is 11.6. The minimum atomic E-state index is 0.748. The molecule has 1 aromatic heterocycles. The van der Waals surface area contributed by atoms with E-state index in [0.29, 0.717) is 0 Å². The van der Waals surface area contributed by atoms with Crippen LogP contribution in [0.5, 0.6) is 0 Å². The van der Waals surface area contributed by atoms with E-state index in [0.717, 1.165) is 17.9 Å². The molecule has 0 spiro atoms. The van der Waals surface area contributed by atoms with Crippen LogP contribution in [0.3, 0.4) is 0 Å². The zero-order valence-corrected chi connectivity index (χ0v) is 11.6. The molecule has 19 heavy (non-hydrogen) atoms. The Morgan fingerprint density at radius 1 is 1.16 bits per heavy atom. The number of nitrogens with zero attached hydrogens (tertiary/aromatic N) is 2. The number of aromatic nitrogens is 1. The summed E-state index contributed by atoms with van der Waals surface area (Å²) in [6.45, 7) is 4.97. The summed E-state index contributed by atoms with van der Waals surface area (Å²) in [6, 6.07) is 10.3. The third-order valence-electron chi connectivity index (χ3n) is 3.03. The van der Waals surface area contributed by atoms with E-state index in [1.165, 1.54) is 16.8 Å². The molecule has 2 rings (SSSR count). The van der Waals surface area contributed by atoms with Crippen molar-refractivity contribution in [1.29, 1.82) is 0 Å². The van der Waals surface area contributed by atoms with E-state index in [1.807, 2.05) is 12.1 Å². The number of nitrogens with two attached hydrogens (primary N) is 1. The van der Waals surface area contributed by atoms with Crippen molar-refractivity contribution in [3.8, 4) is 0 Å². The van der Waals surface area contributed by atoms with Gasteiger partial charge in [-0.15, -0.1) is 0 Å². The topological polar surface area (TPSA) is 54.2 Å². The van der Waals surface area contributed by atoms with Crippen LogP contribution in [-0.4, -0.2) is 12.0 Å². The molecular formula is C15H20N4. The maximum absolute atomic E-state index is 5.41. The first-order valence-corrected chi connectivity index (χ1v) is 6.29. The van der Waals surface area contributed by atoms with Crippen LogP contribution in [0, 0.1) is 13.8 Å². The summed E-state index contributed by atoms with van der Waals surface area (Å²) in [5.41, 5.74) is 8.24. The van der Waals surface area contributed by atoms with Crippen LogP contribution >= 0.6 is 0 Å². The minimum absolute atomic E-state index is 0.748. The Bertz CT molecular complexity index is 546. The van der Waals surface area contributed by atoms with Gasteiger partial charge in [0.2, 0.25) is 0 Å². The molecule has 0 saturated carbocycles. The van der Waals surface area contributed by atoms with Crippen LogP contribution in [-0.2, 0) is 6.54 Å². The minimum Gasteiger partial charge on any atom is -0.369 e. The SMILES string of the molecule is Cc1cc(C)cc(N(C)Cc2cc(NN)ccn2)c1. The molecule has 0 amide bonds. The molecule has 0 aliphatic carbocycles. The molecule has 2 aromatic rings. The summed E-state index contributed by atoms with van der Waals surface area (Å²) >= 11 is 0. The summed E-state index contributed by atoms with van der Waals surface area (Å²) < 4.78 is 0. The molecule has 100 valence electrons. The normalized spacial score (nSPS) is 10.3. The average molecular weight is 256 g/mol. The maximum Gasteiger partial charge on any atom is 0.0617 e. The van der Waals surface area contributed by atoms with E-state index < -0.39 is 0 Å². The lowest BCUT2D eigenvalue weighted by atomic mass is 10.1. The van der Waals surface area contributed by atoms with Crippen molar-refractivity contribution in [3.63, 3.8) is 0 Å². The number of hydrogen-bond acceptors (Lipinski definition) is 4. The van der Waals surface area contributed by atoms with Gasteiger partial charge < -0.3 is 10.3 Å². The first kappa shape index (κ1) is 13.4. The van der Waals surface area contributed by atoms with E-state index in [9.17, 15) is 0 Å². The number of nitrogen functional groups attached to an aromatic ring is 1. The molecule has 3 N–H and O–H groups in total. The maximum atomic E-state index is 5.41. The molecular weight excluding hydrogens is 236 g/mol. The molecule has 0 atom stereocenters. The van der Waals surface area contributed by atoms with E-state index in [-0.39, 0.29) is 0 Å². The monoisotopic (exact) mass is 256 g/mol. The number of rotatable bonds is 4. The van der Waals surface area contributed by atoms with Gasteiger partial charge in [0, 0.05) is 18.9 Å². The molecule has 0 unspecified atom stereocenters. The fraction of sp³-hybridized carbons (Fsp3) is 0.267. The number of hydrazine groups is 1. The lowest BCUT2D eigenvalue weighted by Crippen LogP contribution is -2.18. The smallest absolute Gasteiger partial charge is 0.0617 e. The average Bonchev–Trinajstić information content (AvgIpc) is 2.37.